The quantitative estimate of drug-likeness (QED) is 0.100. The number of hydrogen-bond acceptors (Lipinski definition) is 1. The van der Waals surface area contributed by atoms with Gasteiger partial charge in [-0.15, -0.1) is 0 Å². The molecule has 1 heterocycles. The molecule has 0 bridgehead atoms. The summed E-state index contributed by atoms with van der Waals surface area (Å²) in [7, 11) is -13.7. The summed E-state index contributed by atoms with van der Waals surface area (Å²) in [6, 6.07) is 44.5. The number of rotatable bonds is 9. The van der Waals surface area contributed by atoms with Gasteiger partial charge in [-0.1, -0.05) is 85.6 Å². The van der Waals surface area contributed by atoms with Gasteiger partial charge in [-0.05, 0) is 99.9 Å². The third-order valence-corrected chi connectivity index (χ3v) is 24.2. The van der Waals surface area contributed by atoms with Crippen LogP contribution in [0.5, 0.6) is 0 Å². The third kappa shape index (κ3) is 22.0. The molecule has 1 aliphatic heterocycles. The maximum Gasteiger partial charge on any atom is 2.00 e. The summed E-state index contributed by atoms with van der Waals surface area (Å²) in [6.07, 6.45) is 25.8. The van der Waals surface area contributed by atoms with Crippen LogP contribution in [0.3, 0.4) is 0 Å². The van der Waals surface area contributed by atoms with Crippen molar-refractivity contribution in [1.82, 2.24) is 5.32 Å². The number of nitrogens with one attached hydrogen (secondary N) is 1. The van der Waals surface area contributed by atoms with E-state index in [0.29, 0.717) is 0 Å². The van der Waals surface area contributed by atoms with Crippen molar-refractivity contribution in [1.29, 1.82) is 0 Å². The molecule has 2 atom stereocenters. The molecule has 4 aromatic rings. The molecule has 3 aliphatic rings. The van der Waals surface area contributed by atoms with E-state index < -0.39 is 30.4 Å². The van der Waals surface area contributed by atoms with Crippen molar-refractivity contribution in [3.63, 3.8) is 0 Å². The second-order valence-electron chi connectivity index (χ2n) is 15.4. The van der Waals surface area contributed by atoms with Crippen LogP contribution in [0.4, 0.5) is 34.5 Å². The van der Waals surface area contributed by atoms with E-state index in [0.717, 1.165) is 0 Å². The van der Waals surface area contributed by atoms with Gasteiger partial charge >= 0.3 is 31.0 Å². The average Bonchev–Trinajstić information content (AvgIpc) is 3.21. The van der Waals surface area contributed by atoms with Crippen molar-refractivity contribution in [3.8, 4) is 0 Å². The molecule has 7 rings (SSSR count). The topological polar surface area (TPSA) is 12.0 Å². The number of benzene rings is 4. The minimum Gasteiger partial charge on any atom is -0.418 e. The first kappa shape index (κ1) is 52.0. The second kappa shape index (κ2) is 28.3. The molecule has 1 nitrogen and oxygen atoms in total. The maximum atomic E-state index is 9.75. The first-order chi connectivity index (χ1) is 27.8. The number of hydrogen-bond donors (Lipinski definition) is 1. The predicted octanol–water partition coefficient (Wildman–Crippen LogP) is 12.3. The molecule has 2 aliphatic carbocycles. The van der Waals surface area contributed by atoms with Crippen LogP contribution in [0, 0.1) is 0 Å². The Morgan fingerprint density at radius 3 is 0.932 bits per heavy atom. The fourth-order valence-corrected chi connectivity index (χ4v) is 21.7. The predicted molar refractivity (Wildman–Crippen MR) is 249 cm³/mol. The summed E-state index contributed by atoms with van der Waals surface area (Å²) in [5.41, 5.74) is 2.34. The molecule has 1 N–H and O–H groups in total. The molecular formula is C43H61B2F8NNiP4+4. The van der Waals surface area contributed by atoms with Crippen LogP contribution >= 0.6 is 31.7 Å². The summed E-state index contributed by atoms with van der Waals surface area (Å²) in [4.78, 5) is 0. The van der Waals surface area contributed by atoms with Crippen LogP contribution in [0.25, 0.3) is 0 Å². The maximum absolute atomic E-state index is 9.75. The summed E-state index contributed by atoms with van der Waals surface area (Å²) < 4.78 is 78.0. The Morgan fingerprint density at radius 1 is 0.424 bits per heavy atom. The smallest absolute Gasteiger partial charge is 0.418 e. The van der Waals surface area contributed by atoms with Gasteiger partial charge in [0.2, 0.25) is 0 Å². The Labute approximate surface area is 362 Å². The zero-order chi connectivity index (χ0) is 41.6. The van der Waals surface area contributed by atoms with Gasteiger partial charge in [-0.3, -0.25) is 5.32 Å². The van der Waals surface area contributed by atoms with E-state index in [-0.39, 0.29) is 32.3 Å². The fraction of sp³-hybridized carbons (Fsp3) is 0.442. The Hall–Kier alpha value is -1.38. The van der Waals surface area contributed by atoms with Crippen LogP contribution in [-0.2, 0) is 16.5 Å². The van der Waals surface area contributed by atoms with E-state index >= 15 is 0 Å². The summed E-state index contributed by atoms with van der Waals surface area (Å²) in [5, 5.41) is 10.0. The zero-order valence-electron chi connectivity index (χ0n) is 33.7. The van der Waals surface area contributed by atoms with Crippen LogP contribution in [0.15, 0.2) is 121 Å². The van der Waals surface area contributed by atoms with Crippen molar-refractivity contribution in [3.05, 3.63) is 121 Å². The molecule has 326 valence electrons. The molecule has 0 spiro atoms. The van der Waals surface area contributed by atoms with Crippen LogP contribution in [0.1, 0.15) is 70.6 Å². The van der Waals surface area contributed by atoms with Crippen LogP contribution in [-0.4, -0.2) is 63.0 Å². The standard InChI is InChI=1S/C26H24P2.C17H33NP2.2BF4.Ni/c1-5-13-23(14-6-1)27(24-15-7-2-8-16-24)21-22-28(25-17-9-3-10-18-25)26-19-11-4-12-20-26;1-3-8-16(9-4-1)19-12-7-13-20(15-18-14-19)17-10-5-2-6-11-17;2*2-1(3,4)5;/h1-20H,21-22H2;16-18H,1-15H2;;;/q;;2*-1;+2/p+4. The first-order valence-electron chi connectivity index (χ1n) is 20.9. The zero-order valence-corrected chi connectivity index (χ0v) is 38.7. The van der Waals surface area contributed by atoms with Crippen LogP contribution in [0.2, 0.25) is 0 Å². The van der Waals surface area contributed by atoms with E-state index in [1.807, 2.05) is 0 Å². The van der Waals surface area contributed by atoms with Crippen molar-refractivity contribution < 1.29 is 51.0 Å². The normalized spacial score (nSPS) is 19.3. The fourth-order valence-electron chi connectivity index (χ4n) is 8.54. The Bertz CT molecular complexity index is 1420. The molecule has 1 saturated heterocycles. The van der Waals surface area contributed by atoms with Gasteiger partial charge < -0.3 is 34.5 Å². The van der Waals surface area contributed by atoms with E-state index in [9.17, 15) is 34.5 Å². The molecule has 2 unspecified atom stereocenters. The van der Waals surface area contributed by atoms with Gasteiger partial charge in [0, 0.05) is 22.3 Å². The van der Waals surface area contributed by atoms with E-state index in [1.54, 1.807) is 44.4 Å². The Balaban J connectivity index is 0.000000261. The van der Waals surface area contributed by atoms with E-state index in [2.05, 4.69) is 127 Å². The van der Waals surface area contributed by atoms with Gasteiger partial charge in [0.05, 0.1) is 60.7 Å². The number of halogens is 8. The Kier molecular flexibility index (Phi) is 25.0. The van der Waals surface area contributed by atoms with Gasteiger partial charge in [-0.25, -0.2) is 0 Å². The van der Waals surface area contributed by atoms with Gasteiger partial charge in [0.25, 0.3) is 0 Å². The molecule has 3 fully saturated rings. The average molecular weight is 948 g/mol. The van der Waals surface area contributed by atoms with Crippen molar-refractivity contribution in [2.75, 3.05) is 37.2 Å². The molecule has 0 aromatic heterocycles. The SMILES string of the molecule is C1CCC([PH+]2CCC[PH+](C3CCCCC3)CNC2)CC1.F[B-](F)(F)F.F[B-](F)(F)F.[Ni+2].c1ccc([PH+](CC[PH+](c2ccccc2)c2ccccc2)c2ccccc2)cc1. The van der Waals surface area contributed by atoms with E-state index in [4.69, 9.17) is 0 Å². The molecule has 0 radical (unpaired) electrons. The largest absolute Gasteiger partial charge is 2.00 e. The van der Waals surface area contributed by atoms with Gasteiger partial charge in [0.15, 0.2) is 0 Å². The van der Waals surface area contributed by atoms with E-state index in [1.165, 1.54) is 96.0 Å². The molecule has 59 heavy (non-hydrogen) atoms. The third-order valence-electron chi connectivity index (χ3n) is 11.2. The second-order valence-corrected chi connectivity index (χ2v) is 26.6. The molecular weight excluding hydrogens is 887 g/mol. The minimum atomic E-state index is -6.00. The van der Waals surface area contributed by atoms with Crippen LogP contribution < -0.4 is 26.5 Å². The summed E-state index contributed by atoms with van der Waals surface area (Å²) >= 11 is 0. The van der Waals surface area contributed by atoms with Crippen molar-refractivity contribution >= 4 is 67.4 Å². The minimum absolute atomic E-state index is 0. The summed E-state index contributed by atoms with van der Waals surface area (Å²) in [6.45, 7) is 0. The molecule has 2 saturated carbocycles. The molecule has 4 aromatic carbocycles. The monoisotopic (exact) mass is 947 g/mol. The van der Waals surface area contributed by atoms with Gasteiger partial charge in [0.1, 0.15) is 24.9 Å². The Morgan fingerprint density at radius 2 is 0.678 bits per heavy atom. The summed E-state index contributed by atoms with van der Waals surface area (Å²) in [5.74, 6) is 0. The molecule has 0 amide bonds. The first-order valence-corrected chi connectivity index (χ1v) is 28.3. The van der Waals surface area contributed by atoms with Crippen molar-refractivity contribution in [2.45, 2.75) is 81.9 Å². The van der Waals surface area contributed by atoms with Crippen molar-refractivity contribution in [2.24, 2.45) is 0 Å². The molecule has 16 heteroatoms. The van der Waals surface area contributed by atoms with Gasteiger partial charge in [-0.2, -0.15) is 0 Å².